The Morgan fingerprint density at radius 3 is 2.62 bits per heavy atom. The third-order valence-electron chi connectivity index (χ3n) is 3.35. The van der Waals surface area contributed by atoms with Crippen molar-refractivity contribution in [2.75, 3.05) is 0 Å². The predicted octanol–water partition coefficient (Wildman–Crippen LogP) is 4.46. The Kier molecular flexibility index (Phi) is 5.78. The minimum absolute atomic E-state index is 0.0265. The van der Waals surface area contributed by atoms with Crippen LogP contribution in [0.15, 0.2) is 50.4 Å². The average molecular weight is 465 g/mol. The molecule has 0 aliphatic carbocycles. The zero-order valence-corrected chi connectivity index (χ0v) is 16.1. The number of fused-ring (bicyclic) bond motifs is 1. The molecular weight excluding hydrogens is 458 g/mol. The number of rotatable bonds is 3. The first-order valence-corrected chi connectivity index (χ1v) is 8.60. The fourth-order valence-electron chi connectivity index (χ4n) is 2.06. The van der Waals surface area contributed by atoms with Crippen LogP contribution in [0.1, 0.15) is 5.89 Å². The van der Waals surface area contributed by atoms with Gasteiger partial charge in [0.15, 0.2) is 11.0 Å². The van der Waals surface area contributed by atoms with Crippen LogP contribution in [0.5, 0.6) is 0 Å². The Morgan fingerprint density at radius 2 is 1.97 bits per heavy atom. The Balaban J connectivity index is 2.30. The Labute approximate surface area is 174 Å². The molecule has 0 amide bonds. The molecule has 0 atom stereocenters. The van der Waals surface area contributed by atoms with E-state index in [1.165, 1.54) is 18.3 Å². The second-order valence-corrected chi connectivity index (χ2v) is 6.49. The Bertz CT molecular complexity index is 1220. The zero-order chi connectivity index (χ0) is 21.3. The fourth-order valence-corrected chi connectivity index (χ4v) is 2.70. The van der Waals surface area contributed by atoms with Gasteiger partial charge in [0, 0.05) is 6.20 Å². The highest BCUT2D eigenvalue weighted by Gasteiger charge is 2.32. The van der Waals surface area contributed by atoms with E-state index in [4.69, 9.17) is 45.0 Å². The molecule has 0 fully saturated rings. The minimum Gasteiger partial charge on any atom is -0.401 e. The molecule has 29 heavy (non-hydrogen) atoms. The van der Waals surface area contributed by atoms with Crippen LogP contribution >= 0.6 is 34.8 Å². The van der Waals surface area contributed by atoms with Gasteiger partial charge in [-0.3, -0.25) is 0 Å². The van der Waals surface area contributed by atoms with Gasteiger partial charge in [-0.15, -0.1) is 0 Å². The molecule has 0 saturated heterocycles. The molecule has 0 aliphatic heterocycles. The molecule has 150 valence electrons. The average Bonchev–Trinajstić information content (AvgIpc) is 2.62. The number of aromatic nitrogens is 3. The van der Waals surface area contributed by atoms with E-state index in [2.05, 4.69) is 19.9 Å². The summed E-state index contributed by atoms with van der Waals surface area (Å²) in [6.45, 7) is 0. The van der Waals surface area contributed by atoms with Crippen LogP contribution in [0.25, 0.3) is 10.9 Å². The summed E-state index contributed by atoms with van der Waals surface area (Å²) in [5.74, 6) is -0.761. The molecule has 2 N–H and O–H groups in total. The van der Waals surface area contributed by atoms with Crippen molar-refractivity contribution >= 4 is 57.2 Å². The lowest BCUT2D eigenvalue weighted by atomic mass is 10.2. The van der Waals surface area contributed by atoms with Crippen LogP contribution in [-0.2, 0) is 0 Å². The summed E-state index contributed by atoms with van der Waals surface area (Å²) in [4.78, 5) is 27.7. The summed E-state index contributed by atoms with van der Waals surface area (Å²) in [7, 11) is 0. The number of hydrogen-bond acceptors (Lipinski definition) is 7. The lowest BCUT2D eigenvalue weighted by Gasteiger charge is -2.08. The molecule has 0 aliphatic rings. The molecule has 13 heteroatoms. The molecule has 3 aromatic rings. The number of nitrogens with two attached hydrogens (primary N) is 1. The van der Waals surface area contributed by atoms with Crippen molar-refractivity contribution in [3.8, 4) is 0 Å². The first kappa shape index (κ1) is 21.0. The normalized spacial score (nSPS) is 13.2. The number of hydrogen-bond donors (Lipinski definition) is 1. The molecule has 3 heterocycles. The van der Waals surface area contributed by atoms with Crippen molar-refractivity contribution < 1.29 is 17.6 Å². The predicted molar refractivity (Wildman–Crippen MR) is 102 cm³/mol. The van der Waals surface area contributed by atoms with E-state index < -0.39 is 29.1 Å². The molecule has 0 aromatic carbocycles. The first-order valence-electron chi connectivity index (χ1n) is 7.47. The summed E-state index contributed by atoms with van der Waals surface area (Å²) >= 11 is 17.6. The van der Waals surface area contributed by atoms with E-state index in [9.17, 15) is 18.0 Å². The van der Waals surface area contributed by atoms with Crippen molar-refractivity contribution in [2.45, 2.75) is 6.18 Å². The Morgan fingerprint density at radius 1 is 1.24 bits per heavy atom. The molecule has 3 rings (SSSR count). The van der Waals surface area contributed by atoms with E-state index in [1.807, 2.05) is 0 Å². The number of nitrogens with zero attached hydrogens (tertiary/aromatic N) is 4. The number of allylic oxidation sites excluding steroid dienone is 2. The fraction of sp³-hybridized carbons (Fsp3) is 0.0625. The van der Waals surface area contributed by atoms with Crippen molar-refractivity contribution in [2.24, 2.45) is 10.7 Å². The topological polar surface area (TPSA) is 107 Å². The van der Waals surface area contributed by atoms with E-state index >= 15 is 0 Å². The maximum Gasteiger partial charge on any atom is 0.430 e. The number of alkyl halides is 3. The highest BCUT2D eigenvalue weighted by atomic mass is 35.5. The van der Waals surface area contributed by atoms with E-state index in [-0.39, 0.29) is 32.0 Å². The summed E-state index contributed by atoms with van der Waals surface area (Å²) in [5, 5.41) is -0.454. The number of pyridine rings is 2. The lowest BCUT2D eigenvalue weighted by Crippen LogP contribution is -2.21. The van der Waals surface area contributed by atoms with Crippen LogP contribution in [0, 0.1) is 0 Å². The van der Waals surface area contributed by atoms with Gasteiger partial charge in [0.25, 0.3) is 0 Å². The molecule has 0 bridgehead atoms. The Hall–Kier alpha value is -2.69. The maximum absolute atomic E-state index is 12.9. The second-order valence-electron chi connectivity index (χ2n) is 5.34. The van der Waals surface area contributed by atoms with Crippen LogP contribution in [-0.4, -0.2) is 26.8 Å². The van der Waals surface area contributed by atoms with Crippen LogP contribution in [0.3, 0.4) is 0 Å². The van der Waals surface area contributed by atoms with Gasteiger partial charge >= 0.3 is 11.8 Å². The maximum atomic E-state index is 12.9. The molecule has 3 aromatic heterocycles. The summed E-state index contributed by atoms with van der Waals surface area (Å²) in [5.41, 5.74) is 1.87. The monoisotopic (exact) mass is 463 g/mol. The van der Waals surface area contributed by atoms with Crippen LogP contribution in [0.2, 0.25) is 15.3 Å². The van der Waals surface area contributed by atoms with Gasteiger partial charge in [0.05, 0.1) is 10.4 Å². The third-order valence-corrected chi connectivity index (χ3v) is 4.10. The minimum atomic E-state index is -4.88. The lowest BCUT2D eigenvalue weighted by molar-refractivity contribution is -0.0925. The molecule has 0 spiro atoms. The molecular formula is C16H7Cl3F3N5O2. The number of halogens is 6. The molecule has 0 radical (unpaired) electrons. The van der Waals surface area contributed by atoms with Gasteiger partial charge in [-0.1, -0.05) is 34.8 Å². The van der Waals surface area contributed by atoms with Crippen LogP contribution < -0.4 is 11.4 Å². The highest BCUT2D eigenvalue weighted by molar-refractivity contribution is 6.36. The smallest absolute Gasteiger partial charge is 0.401 e. The third kappa shape index (κ3) is 4.66. The van der Waals surface area contributed by atoms with Gasteiger partial charge in [-0.25, -0.2) is 24.7 Å². The number of aliphatic imine (C=N–C) groups is 1. The quantitative estimate of drug-likeness (QED) is 0.453. The van der Waals surface area contributed by atoms with Gasteiger partial charge in [0.2, 0.25) is 5.89 Å². The summed E-state index contributed by atoms with van der Waals surface area (Å²) in [6, 6.07) is 4.05. The van der Waals surface area contributed by atoms with Gasteiger partial charge < -0.3 is 10.2 Å². The molecule has 0 unspecified atom stereocenters. The summed E-state index contributed by atoms with van der Waals surface area (Å²) < 4.78 is 43.8. The van der Waals surface area contributed by atoms with E-state index in [0.717, 1.165) is 6.07 Å². The molecule has 7 nitrogen and oxygen atoms in total. The second kappa shape index (κ2) is 7.97. The highest BCUT2D eigenvalue weighted by Crippen LogP contribution is 2.26. The SMILES string of the molecule is NC(=CC(=Nc1ncccc1Cl)c1nc2c(Cl)nc(Cl)cc2c(=O)o1)C(F)(F)F. The molecule has 0 saturated carbocycles. The van der Waals surface area contributed by atoms with Crippen molar-refractivity contribution in [1.82, 2.24) is 15.0 Å². The van der Waals surface area contributed by atoms with E-state index in [0.29, 0.717) is 6.08 Å². The van der Waals surface area contributed by atoms with Gasteiger partial charge in [0.1, 0.15) is 22.1 Å². The van der Waals surface area contributed by atoms with Crippen molar-refractivity contribution in [1.29, 1.82) is 0 Å². The van der Waals surface area contributed by atoms with Crippen molar-refractivity contribution in [3.05, 3.63) is 67.8 Å². The standard InChI is InChI=1S/C16H7Cl3F3N5O2/c17-7-2-1-3-24-13(7)25-8(5-9(23)16(20,21)22)14-27-11-6(15(28)29-14)4-10(18)26-12(11)19/h1-5H,23H2. The van der Waals surface area contributed by atoms with Gasteiger partial charge in [-0.2, -0.15) is 13.2 Å². The first-order chi connectivity index (χ1) is 13.6. The zero-order valence-electron chi connectivity index (χ0n) is 13.8. The van der Waals surface area contributed by atoms with E-state index in [1.54, 1.807) is 0 Å². The summed E-state index contributed by atoms with van der Waals surface area (Å²) in [6.07, 6.45) is -3.14. The van der Waals surface area contributed by atoms with Crippen LogP contribution in [0.4, 0.5) is 19.0 Å². The largest absolute Gasteiger partial charge is 0.430 e. The van der Waals surface area contributed by atoms with Crippen molar-refractivity contribution in [3.63, 3.8) is 0 Å². The van der Waals surface area contributed by atoms with Gasteiger partial charge in [-0.05, 0) is 24.3 Å².